The van der Waals surface area contributed by atoms with Crippen molar-refractivity contribution in [1.29, 1.82) is 0 Å². The molecule has 0 aromatic heterocycles. The standard InChI is InChI=1S/C12H16O4/c1-7-4-9(10(13)5-8(7)2)6-12(3,16)11(14)15/h4-5,13,16H,6H2,1-3H3,(H,14,15). The summed E-state index contributed by atoms with van der Waals surface area (Å²) in [6.45, 7) is 4.94. The first-order chi connectivity index (χ1) is 7.24. The van der Waals surface area contributed by atoms with Crippen LogP contribution >= 0.6 is 0 Å². The van der Waals surface area contributed by atoms with E-state index >= 15 is 0 Å². The van der Waals surface area contributed by atoms with Crippen molar-refractivity contribution >= 4 is 5.97 Å². The van der Waals surface area contributed by atoms with E-state index in [1.807, 2.05) is 13.8 Å². The van der Waals surface area contributed by atoms with Crippen LogP contribution in [-0.4, -0.2) is 26.9 Å². The molecule has 3 N–H and O–H groups in total. The third-order valence-electron chi connectivity index (χ3n) is 2.69. The minimum atomic E-state index is -1.86. The summed E-state index contributed by atoms with van der Waals surface area (Å²) < 4.78 is 0. The van der Waals surface area contributed by atoms with Crippen molar-refractivity contribution in [3.63, 3.8) is 0 Å². The molecule has 0 fully saturated rings. The molecular formula is C12H16O4. The molecular weight excluding hydrogens is 208 g/mol. The molecule has 4 nitrogen and oxygen atoms in total. The maximum absolute atomic E-state index is 10.8. The number of rotatable bonds is 3. The van der Waals surface area contributed by atoms with Gasteiger partial charge in [-0.1, -0.05) is 6.07 Å². The van der Waals surface area contributed by atoms with E-state index in [4.69, 9.17) is 5.11 Å². The van der Waals surface area contributed by atoms with E-state index in [1.54, 1.807) is 12.1 Å². The number of phenolic OH excluding ortho intramolecular Hbond substituents is 1. The number of aromatic hydroxyl groups is 1. The summed E-state index contributed by atoms with van der Waals surface area (Å²) >= 11 is 0. The van der Waals surface area contributed by atoms with Crippen LogP contribution in [0.3, 0.4) is 0 Å². The average molecular weight is 224 g/mol. The third-order valence-corrected chi connectivity index (χ3v) is 2.69. The monoisotopic (exact) mass is 224 g/mol. The summed E-state index contributed by atoms with van der Waals surface area (Å²) in [6.07, 6.45) is -0.116. The van der Waals surface area contributed by atoms with Gasteiger partial charge in [0, 0.05) is 6.42 Å². The molecule has 0 aliphatic rings. The minimum Gasteiger partial charge on any atom is -0.508 e. The van der Waals surface area contributed by atoms with E-state index in [0.29, 0.717) is 5.56 Å². The number of phenols is 1. The molecule has 1 unspecified atom stereocenters. The van der Waals surface area contributed by atoms with E-state index in [-0.39, 0.29) is 12.2 Å². The first-order valence-electron chi connectivity index (χ1n) is 4.99. The molecule has 0 aliphatic heterocycles. The molecule has 1 atom stereocenters. The largest absolute Gasteiger partial charge is 0.508 e. The van der Waals surface area contributed by atoms with E-state index in [9.17, 15) is 15.0 Å². The second-order valence-corrected chi connectivity index (χ2v) is 4.32. The predicted molar refractivity (Wildman–Crippen MR) is 59.5 cm³/mol. The maximum Gasteiger partial charge on any atom is 0.335 e. The molecule has 0 saturated carbocycles. The van der Waals surface area contributed by atoms with Crippen LogP contribution in [0.15, 0.2) is 12.1 Å². The molecule has 0 amide bonds. The Hall–Kier alpha value is -1.55. The number of carboxylic acids is 1. The van der Waals surface area contributed by atoms with Gasteiger partial charge in [-0.3, -0.25) is 0 Å². The Bertz CT molecular complexity index is 421. The first kappa shape index (κ1) is 12.5. The van der Waals surface area contributed by atoms with E-state index in [1.165, 1.54) is 6.92 Å². The molecule has 16 heavy (non-hydrogen) atoms. The lowest BCUT2D eigenvalue weighted by molar-refractivity contribution is -0.156. The highest BCUT2D eigenvalue weighted by Gasteiger charge is 2.31. The number of carboxylic acid groups (broad SMARTS) is 1. The molecule has 0 radical (unpaired) electrons. The highest BCUT2D eigenvalue weighted by atomic mass is 16.4. The fraction of sp³-hybridized carbons (Fsp3) is 0.417. The summed E-state index contributed by atoms with van der Waals surface area (Å²) in [5.41, 5.74) is 0.458. The molecule has 1 aromatic rings. The number of aryl methyl sites for hydroxylation is 2. The van der Waals surface area contributed by atoms with Gasteiger partial charge < -0.3 is 15.3 Å². The number of carbonyl (C=O) groups is 1. The lowest BCUT2D eigenvalue weighted by atomic mass is 9.94. The van der Waals surface area contributed by atoms with Crippen molar-refractivity contribution in [2.45, 2.75) is 32.8 Å². The lowest BCUT2D eigenvalue weighted by Gasteiger charge is -2.19. The Labute approximate surface area is 94.2 Å². The zero-order chi connectivity index (χ0) is 12.5. The molecule has 1 aromatic carbocycles. The summed E-state index contributed by atoms with van der Waals surface area (Å²) in [4.78, 5) is 10.8. The number of benzene rings is 1. The van der Waals surface area contributed by atoms with Gasteiger partial charge in [0.05, 0.1) is 0 Å². The van der Waals surface area contributed by atoms with Crippen molar-refractivity contribution in [3.8, 4) is 5.75 Å². The first-order valence-corrected chi connectivity index (χ1v) is 4.99. The van der Waals surface area contributed by atoms with Gasteiger partial charge >= 0.3 is 5.97 Å². The molecule has 88 valence electrons. The second-order valence-electron chi connectivity index (χ2n) is 4.32. The molecule has 1 rings (SSSR count). The third kappa shape index (κ3) is 2.52. The van der Waals surface area contributed by atoms with Gasteiger partial charge in [0.25, 0.3) is 0 Å². The van der Waals surface area contributed by atoms with Crippen LogP contribution in [0.25, 0.3) is 0 Å². The van der Waals surface area contributed by atoms with Crippen molar-refractivity contribution in [2.75, 3.05) is 0 Å². The Morgan fingerprint density at radius 3 is 2.31 bits per heavy atom. The number of aliphatic hydroxyl groups is 1. The Balaban J connectivity index is 3.07. The zero-order valence-corrected chi connectivity index (χ0v) is 9.61. The Morgan fingerprint density at radius 2 is 1.81 bits per heavy atom. The highest BCUT2D eigenvalue weighted by molar-refractivity contribution is 5.77. The molecule has 0 spiro atoms. The van der Waals surface area contributed by atoms with Gasteiger partial charge in [0.2, 0.25) is 0 Å². The maximum atomic E-state index is 10.8. The highest BCUT2D eigenvalue weighted by Crippen LogP contribution is 2.25. The Morgan fingerprint density at radius 1 is 1.31 bits per heavy atom. The summed E-state index contributed by atoms with van der Waals surface area (Å²) in [5, 5.41) is 28.1. The molecule has 0 bridgehead atoms. The van der Waals surface area contributed by atoms with Gasteiger partial charge in [0.15, 0.2) is 5.60 Å². The predicted octanol–water partition coefficient (Wildman–Crippen LogP) is 1.39. The van der Waals surface area contributed by atoms with Gasteiger partial charge in [0.1, 0.15) is 5.75 Å². The van der Waals surface area contributed by atoms with Crippen LogP contribution in [0.1, 0.15) is 23.6 Å². The fourth-order valence-corrected chi connectivity index (χ4v) is 1.45. The van der Waals surface area contributed by atoms with Gasteiger partial charge in [-0.15, -0.1) is 0 Å². The quantitative estimate of drug-likeness (QED) is 0.725. The Kier molecular flexibility index (Phi) is 3.24. The zero-order valence-electron chi connectivity index (χ0n) is 9.61. The van der Waals surface area contributed by atoms with E-state index in [2.05, 4.69) is 0 Å². The molecule has 0 heterocycles. The summed E-state index contributed by atoms with van der Waals surface area (Å²) in [6, 6.07) is 3.27. The van der Waals surface area contributed by atoms with Crippen molar-refractivity contribution < 1.29 is 20.1 Å². The number of aliphatic carboxylic acids is 1. The fourth-order valence-electron chi connectivity index (χ4n) is 1.45. The van der Waals surface area contributed by atoms with Crippen LogP contribution in [0.5, 0.6) is 5.75 Å². The van der Waals surface area contributed by atoms with Crippen LogP contribution in [0.4, 0.5) is 0 Å². The average Bonchev–Trinajstić information content (AvgIpc) is 2.13. The molecule has 0 saturated heterocycles. The van der Waals surface area contributed by atoms with Crippen LogP contribution in [-0.2, 0) is 11.2 Å². The minimum absolute atomic E-state index is 0.0182. The van der Waals surface area contributed by atoms with Gasteiger partial charge in [-0.2, -0.15) is 0 Å². The van der Waals surface area contributed by atoms with Crippen molar-refractivity contribution in [1.82, 2.24) is 0 Å². The van der Waals surface area contributed by atoms with E-state index < -0.39 is 11.6 Å². The van der Waals surface area contributed by atoms with Gasteiger partial charge in [-0.25, -0.2) is 4.79 Å². The van der Waals surface area contributed by atoms with E-state index in [0.717, 1.165) is 11.1 Å². The smallest absolute Gasteiger partial charge is 0.335 e. The SMILES string of the molecule is Cc1cc(O)c(CC(C)(O)C(=O)O)cc1C. The van der Waals surface area contributed by atoms with Crippen LogP contribution in [0.2, 0.25) is 0 Å². The van der Waals surface area contributed by atoms with Crippen LogP contribution < -0.4 is 0 Å². The van der Waals surface area contributed by atoms with Crippen molar-refractivity contribution in [2.24, 2.45) is 0 Å². The van der Waals surface area contributed by atoms with Gasteiger partial charge in [-0.05, 0) is 43.5 Å². The van der Waals surface area contributed by atoms with Crippen LogP contribution in [0, 0.1) is 13.8 Å². The normalized spacial score (nSPS) is 14.5. The van der Waals surface area contributed by atoms with Crippen molar-refractivity contribution in [3.05, 3.63) is 28.8 Å². The topological polar surface area (TPSA) is 77.8 Å². The number of hydrogen-bond acceptors (Lipinski definition) is 3. The molecule has 4 heteroatoms. The lowest BCUT2D eigenvalue weighted by Crippen LogP contribution is -2.37. The summed E-state index contributed by atoms with van der Waals surface area (Å²) in [5.74, 6) is -1.28. The second kappa shape index (κ2) is 4.14. The number of hydrogen-bond donors (Lipinski definition) is 3. The molecule has 0 aliphatic carbocycles. The summed E-state index contributed by atoms with van der Waals surface area (Å²) in [7, 11) is 0.